The second kappa shape index (κ2) is 3.87. The fraction of sp³-hybridized carbons (Fsp3) is 0.500. The summed E-state index contributed by atoms with van der Waals surface area (Å²) in [5.74, 6) is 0.142. The van der Waals surface area contributed by atoms with E-state index in [9.17, 15) is 4.79 Å². The Bertz CT molecular complexity index is 377. The molecule has 2 atom stereocenters. The third-order valence-corrected chi connectivity index (χ3v) is 3.06. The van der Waals surface area contributed by atoms with Crippen LogP contribution >= 0.6 is 11.6 Å². The fourth-order valence-corrected chi connectivity index (χ4v) is 1.97. The summed E-state index contributed by atoms with van der Waals surface area (Å²) >= 11 is 5.61. The number of halogens is 1. The topological polar surface area (TPSA) is 59.5 Å². The van der Waals surface area contributed by atoms with Gasteiger partial charge in [0.25, 0.3) is 5.91 Å². The number of amides is 1. The molecule has 1 fully saturated rings. The number of hydrogen-bond donors (Lipinski definition) is 1. The number of rotatable bonds is 1. The zero-order chi connectivity index (χ0) is 11.0. The number of furan rings is 1. The smallest absolute Gasteiger partial charge is 0.289 e. The predicted octanol–water partition coefficient (Wildman–Crippen LogP) is 1.49. The minimum atomic E-state index is -0.137. The lowest BCUT2D eigenvalue weighted by atomic mass is 10.2. The molecule has 1 aromatic rings. The van der Waals surface area contributed by atoms with Gasteiger partial charge in [0.2, 0.25) is 0 Å². The number of nitrogens with zero attached hydrogens (tertiary/aromatic N) is 1. The lowest BCUT2D eigenvalue weighted by Gasteiger charge is -2.21. The molecule has 4 nitrogen and oxygen atoms in total. The lowest BCUT2D eigenvalue weighted by Crippen LogP contribution is -2.40. The Hall–Kier alpha value is -1.00. The zero-order valence-corrected chi connectivity index (χ0v) is 9.20. The van der Waals surface area contributed by atoms with E-state index in [4.69, 9.17) is 21.8 Å². The van der Waals surface area contributed by atoms with Crippen LogP contribution in [0.15, 0.2) is 16.5 Å². The highest BCUT2D eigenvalue weighted by atomic mass is 35.5. The summed E-state index contributed by atoms with van der Waals surface area (Å²) < 4.78 is 5.07. The van der Waals surface area contributed by atoms with Gasteiger partial charge in [-0.05, 0) is 37.1 Å². The second-order valence-electron chi connectivity index (χ2n) is 3.80. The maximum atomic E-state index is 11.9. The maximum Gasteiger partial charge on any atom is 0.289 e. The van der Waals surface area contributed by atoms with Gasteiger partial charge in [0.05, 0.1) is 0 Å². The molecule has 2 unspecified atom stereocenters. The van der Waals surface area contributed by atoms with Gasteiger partial charge in [0, 0.05) is 18.6 Å². The molecule has 2 rings (SSSR count). The van der Waals surface area contributed by atoms with Gasteiger partial charge in [-0.15, -0.1) is 0 Å². The third kappa shape index (κ3) is 1.87. The minimum absolute atomic E-state index is 0.0550. The van der Waals surface area contributed by atoms with E-state index in [1.807, 2.05) is 6.92 Å². The average molecular weight is 229 g/mol. The molecule has 2 N–H and O–H groups in total. The predicted molar refractivity (Wildman–Crippen MR) is 56.8 cm³/mol. The summed E-state index contributed by atoms with van der Waals surface area (Å²) in [5.41, 5.74) is 5.84. The SMILES string of the molecule is CC1C(N)CCN1C(=O)c1ccc(Cl)o1. The lowest BCUT2D eigenvalue weighted by molar-refractivity contribution is 0.0710. The Labute approximate surface area is 93.0 Å². The van der Waals surface area contributed by atoms with Crippen molar-refractivity contribution in [3.8, 4) is 0 Å². The maximum absolute atomic E-state index is 11.9. The van der Waals surface area contributed by atoms with Crippen molar-refractivity contribution < 1.29 is 9.21 Å². The molecule has 1 aromatic heterocycles. The van der Waals surface area contributed by atoms with Crippen LogP contribution in [0.4, 0.5) is 0 Å². The van der Waals surface area contributed by atoms with Crippen molar-refractivity contribution >= 4 is 17.5 Å². The average Bonchev–Trinajstić information content (AvgIpc) is 2.75. The highest BCUT2D eigenvalue weighted by molar-refractivity contribution is 6.29. The van der Waals surface area contributed by atoms with E-state index in [0.29, 0.717) is 6.54 Å². The standard InChI is InChI=1S/C10H13ClN2O2/c1-6-7(12)4-5-13(6)10(14)8-2-3-9(11)15-8/h2-3,6-7H,4-5,12H2,1H3. The number of likely N-dealkylation sites (tertiary alicyclic amines) is 1. The number of carbonyl (C=O) groups excluding carboxylic acids is 1. The van der Waals surface area contributed by atoms with E-state index in [-0.39, 0.29) is 29.0 Å². The largest absolute Gasteiger partial charge is 0.440 e. The first-order valence-corrected chi connectivity index (χ1v) is 5.29. The van der Waals surface area contributed by atoms with E-state index in [1.54, 1.807) is 17.0 Å². The number of carbonyl (C=O) groups is 1. The van der Waals surface area contributed by atoms with Crippen LogP contribution in [-0.4, -0.2) is 29.4 Å². The summed E-state index contributed by atoms with van der Waals surface area (Å²) in [5, 5.41) is 0.231. The fourth-order valence-electron chi connectivity index (χ4n) is 1.82. The van der Waals surface area contributed by atoms with E-state index in [1.165, 1.54) is 0 Å². The van der Waals surface area contributed by atoms with Crippen molar-refractivity contribution in [1.82, 2.24) is 4.90 Å². The highest BCUT2D eigenvalue weighted by Gasteiger charge is 2.33. The first kappa shape index (κ1) is 10.5. The van der Waals surface area contributed by atoms with Crippen molar-refractivity contribution in [1.29, 1.82) is 0 Å². The zero-order valence-electron chi connectivity index (χ0n) is 8.44. The summed E-state index contributed by atoms with van der Waals surface area (Å²) in [6.45, 7) is 2.62. The molecule has 1 amide bonds. The van der Waals surface area contributed by atoms with Gasteiger partial charge in [0.15, 0.2) is 11.0 Å². The molecule has 0 aliphatic carbocycles. The van der Waals surface area contributed by atoms with Gasteiger partial charge in [-0.25, -0.2) is 0 Å². The van der Waals surface area contributed by atoms with Crippen LogP contribution in [0.5, 0.6) is 0 Å². The molecule has 5 heteroatoms. The van der Waals surface area contributed by atoms with Crippen LogP contribution in [0.2, 0.25) is 5.22 Å². The summed E-state index contributed by atoms with van der Waals surface area (Å²) in [7, 11) is 0. The van der Waals surface area contributed by atoms with Crippen molar-refractivity contribution in [2.24, 2.45) is 5.73 Å². The van der Waals surface area contributed by atoms with Crippen LogP contribution in [-0.2, 0) is 0 Å². The van der Waals surface area contributed by atoms with Crippen molar-refractivity contribution in [3.63, 3.8) is 0 Å². The molecule has 0 saturated carbocycles. The van der Waals surface area contributed by atoms with Crippen LogP contribution < -0.4 is 5.73 Å². The molecule has 82 valence electrons. The molecule has 0 radical (unpaired) electrons. The molecule has 15 heavy (non-hydrogen) atoms. The minimum Gasteiger partial charge on any atom is -0.440 e. The molecule has 0 bridgehead atoms. The first-order valence-electron chi connectivity index (χ1n) is 4.91. The Kier molecular flexibility index (Phi) is 2.71. The molecular weight excluding hydrogens is 216 g/mol. The molecule has 1 aliphatic heterocycles. The molecule has 0 aromatic carbocycles. The van der Waals surface area contributed by atoms with Gasteiger partial charge in [0.1, 0.15) is 0 Å². The molecule has 1 saturated heterocycles. The van der Waals surface area contributed by atoms with E-state index in [0.717, 1.165) is 6.42 Å². The van der Waals surface area contributed by atoms with E-state index >= 15 is 0 Å². The van der Waals surface area contributed by atoms with Crippen molar-refractivity contribution in [2.45, 2.75) is 25.4 Å². The normalized spacial score (nSPS) is 25.9. The molecule has 1 aliphatic rings. The van der Waals surface area contributed by atoms with Crippen molar-refractivity contribution in [2.75, 3.05) is 6.54 Å². The molecule has 0 spiro atoms. The Balaban J connectivity index is 2.15. The van der Waals surface area contributed by atoms with Crippen LogP contribution in [0.25, 0.3) is 0 Å². The number of hydrogen-bond acceptors (Lipinski definition) is 3. The van der Waals surface area contributed by atoms with Gasteiger partial charge in [-0.1, -0.05) is 0 Å². The second-order valence-corrected chi connectivity index (χ2v) is 4.17. The highest BCUT2D eigenvalue weighted by Crippen LogP contribution is 2.21. The summed E-state index contributed by atoms with van der Waals surface area (Å²) in [4.78, 5) is 13.7. The van der Waals surface area contributed by atoms with Gasteiger partial charge < -0.3 is 15.1 Å². The third-order valence-electron chi connectivity index (χ3n) is 2.86. The first-order chi connectivity index (χ1) is 7.09. The van der Waals surface area contributed by atoms with Crippen LogP contribution in [0.1, 0.15) is 23.9 Å². The Morgan fingerprint density at radius 3 is 2.87 bits per heavy atom. The molecular formula is C10H13ClN2O2. The number of nitrogens with two attached hydrogens (primary N) is 1. The van der Waals surface area contributed by atoms with Crippen molar-refractivity contribution in [3.05, 3.63) is 23.1 Å². The monoisotopic (exact) mass is 228 g/mol. The van der Waals surface area contributed by atoms with E-state index < -0.39 is 0 Å². The molecule has 2 heterocycles. The van der Waals surface area contributed by atoms with E-state index in [2.05, 4.69) is 0 Å². The van der Waals surface area contributed by atoms with Gasteiger partial charge in [-0.2, -0.15) is 0 Å². The Morgan fingerprint density at radius 1 is 1.67 bits per heavy atom. The quantitative estimate of drug-likeness (QED) is 0.793. The summed E-state index contributed by atoms with van der Waals surface area (Å²) in [6, 6.07) is 3.26. The van der Waals surface area contributed by atoms with Crippen LogP contribution in [0, 0.1) is 0 Å². The Morgan fingerprint density at radius 2 is 2.40 bits per heavy atom. The van der Waals surface area contributed by atoms with Crippen LogP contribution in [0.3, 0.4) is 0 Å². The van der Waals surface area contributed by atoms with Gasteiger partial charge >= 0.3 is 0 Å². The summed E-state index contributed by atoms with van der Waals surface area (Å²) in [6.07, 6.45) is 0.835. The van der Waals surface area contributed by atoms with Gasteiger partial charge in [-0.3, -0.25) is 4.79 Å².